The molecule has 0 fully saturated rings. The van der Waals surface area contributed by atoms with Crippen molar-refractivity contribution < 1.29 is 4.42 Å². The number of hydrogen-bond acceptors (Lipinski definition) is 4. The highest BCUT2D eigenvalue weighted by atomic mass is 32.1. The van der Waals surface area contributed by atoms with Gasteiger partial charge in [-0.15, -0.1) is 11.3 Å². The highest BCUT2D eigenvalue weighted by Crippen LogP contribution is 2.50. The minimum Gasteiger partial charge on any atom is -0.455 e. The number of hydrogen-bond donors (Lipinski definition) is 0. The first kappa shape index (κ1) is 24.6. The normalized spacial score (nSPS) is 12.0. The molecule has 10 rings (SSSR count). The molecule has 210 valence electrons. The van der Waals surface area contributed by atoms with Crippen molar-refractivity contribution in [1.82, 2.24) is 14.5 Å². The van der Waals surface area contributed by atoms with E-state index < -0.39 is 0 Å². The van der Waals surface area contributed by atoms with Crippen LogP contribution >= 0.6 is 11.3 Å². The van der Waals surface area contributed by atoms with Crippen molar-refractivity contribution in [1.29, 1.82) is 0 Å². The van der Waals surface area contributed by atoms with Gasteiger partial charge in [-0.1, -0.05) is 115 Å². The van der Waals surface area contributed by atoms with Crippen LogP contribution in [-0.2, 0) is 0 Å². The van der Waals surface area contributed by atoms with Gasteiger partial charge in [-0.3, -0.25) is 4.57 Å². The van der Waals surface area contributed by atoms with Crippen molar-refractivity contribution in [2.24, 2.45) is 0 Å². The average Bonchev–Trinajstić information content (AvgIpc) is 3.79. The molecule has 10 aromatic rings. The first-order valence-electron chi connectivity index (χ1n) is 15.0. The molecule has 0 saturated heterocycles. The van der Waals surface area contributed by atoms with Crippen LogP contribution in [0, 0.1) is 0 Å². The molecule has 0 N–H and O–H groups in total. The predicted octanol–water partition coefficient (Wildman–Crippen LogP) is 11.2. The number of aromatic nitrogens is 3. The lowest BCUT2D eigenvalue weighted by Crippen LogP contribution is -2.04. The molecular weight excluding hydrogens is 571 g/mol. The van der Waals surface area contributed by atoms with Gasteiger partial charge in [0.05, 0.1) is 27.1 Å². The van der Waals surface area contributed by atoms with E-state index in [-0.39, 0.29) is 0 Å². The molecule has 4 aromatic heterocycles. The fraction of sp³-hybridized carbons (Fsp3) is 0. The number of para-hydroxylation sites is 2. The minimum atomic E-state index is 0.644. The number of benzene rings is 6. The van der Waals surface area contributed by atoms with E-state index in [0.29, 0.717) is 5.95 Å². The quantitative estimate of drug-likeness (QED) is 0.205. The average molecular weight is 594 g/mol. The van der Waals surface area contributed by atoms with Crippen molar-refractivity contribution in [3.05, 3.63) is 140 Å². The Kier molecular flexibility index (Phi) is 5.12. The van der Waals surface area contributed by atoms with Gasteiger partial charge in [0.15, 0.2) is 5.58 Å². The van der Waals surface area contributed by atoms with Gasteiger partial charge in [0, 0.05) is 48.1 Å². The molecule has 0 radical (unpaired) electrons. The summed E-state index contributed by atoms with van der Waals surface area (Å²) in [5.41, 5.74) is 7.86. The van der Waals surface area contributed by atoms with Gasteiger partial charge in [-0.25, -0.2) is 9.97 Å². The summed E-state index contributed by atoms with van der Waals surface area (Å²) >= 11 is 1.79. The topological polar surface area (TPSA) is 43.9 Å². The van der Waals surface area contributed by atoms with Crippen LogP contribution in [-0.4, -0.2) is 14.5 Å². The van der Waals surface area contributed by atoms with E-state index >= 15 is 0 Å². The molecule has 0 spiro atoms. The number of fused-ring (bicyclic) bond motifs is 12. The van der Waals surface area contributed by atoms with Crippen LogP contribution in [0.2, 0.25) is 0 Å². The van der Waals surface area contributed by atoms with Crippen LogP contribution in [0.25, 0.3) is 92.4 Å². The first-order chi connectivity index (χ1) is 22.3. The Labute approximate surface area is 261 Å². The van der Waals surface area contributed by atoms with Gasteiger partial charge >= 0.3 is 0 Å². The molecule has 0 bridgehead atoms. The monoisotopic (exact) mass is 593 g/mol. The minimum absolute atomic E-state index is 0.644. The van der Waals surface area contributed by atoms with Crippen LogP contribution in [0.15, 0.2) is 144 Å². The standard InChI is InChI=1S/C40H23N3OS/c1-3-13-24(14-4-1)29-23-30(25-15-5-2-6-16-25)42-40(41-29)43-31-20-10-7-17-26(31)34-35-27-18-8-11-21-32(27)44-38(35)39-36(37(34)43)28-19-9-12-22-33(28)45-39/h1-23H. The zero-order chi connectivity index (χ0) is 29.5. The van der Waals surface area contributed by atoms with E-state index in [2.05, 4.69) is 126 Å². The molecule has 45 heavy (non-hydrogen) atoms. The summed E-state index contributed by atoms with van der Waals surface area (Å²) in [5, 5.41) is 6.94. The SMILES string of the molecule is c1ccc(-c2cc(-c3ccccc3)nc(-n3c4ccccc4c4c5c6ccccc6oc5c5sc6ccccc6c5c43)n2)cc1. The van der Waals surface area contributed by atoms with E-state index in [0.717, 1.165) is 71.0 Å². The number of thiophene rings is 1. The largest absolute Gasteiger partial charge is 0.455 e. The van der Waals surface area contributed by atoms with E-state index in [4.69, 9.17) is 14.4 Å². The van der Waals surface area contributed by atoms with Crippen molar-refractivity contribution in [2.75, 3.05) is 0 Å². The zero-order valence-electron chi connectivity index (χ0n) is 23.9. The Morgan fingerprint density at radius 3 is 1.87 bits per heavy atom. The maximum atomic E-state index is 6.69. The maximum absolute atomic E-state index is 6.69. The molecule has 0 aliphatic rings. The highest BCUT2D eigenvalue weighted by molar-refractivity contribution is 7.26. The van der Waals surface area contributed by atoms with Crippen LogP contribution in [0.4, 0.5) is 0 Å². The molecule has 4 nitrogen and oxygen atoms in total. The molecular formula is C40H23N3OS. The smallest absolute Gasteiger partial charge is 0.235 e. The van der Waals surface area contributed by atoms with Crippen molar-refractivity contribution >= 4 is 75.3 Å². The third kappa shape index (κ3) is 3.53. The fourth-order valence-corrected chi connectivity index (χ4v) is 8.07. The van der Waals surface area contributed by atoms with Gasteiger partial charge in [0.2, 0.25) is 5.95 Å². The second-order valence-electron chi connectivity index (χ2n) is 11.4. The lowest BCUT2D eigenvalue weighted by molar-refractivity contribution is 0.673. The fourth-order valence-electron chi connectivity index (χ4n) is 6.88. The molecule has 0 aliphatic heterocycles. The van der Waals surface area contributed by atoms with Crippen molar-refractivity contribution in [2.45, 2.75) is 0 Å². The third-order valence-corrected chi connectivity index (χ3v) is 9.98. The van der Waals surface area contributed by atoms with E-state index in [1.807, 2.05) is 18.2 Å². The molecule has 0 unspecified atom stereocenters. The molecule has 4 heterocycles. The van der Waals surface area contributed by atoms with Crippen LogP contribution in [0.1, 0.15) is 0 Å². The van der Waals surface area contributed by atoms with Gasteiger partial charge in [-0.05, 0) is 24.3 Å². The van der Waals surface area contributed by atoms with Gasteiger partial charge in [0.25, 0.3) is 0 Å². The Morgan fingerprint density at radius 2 is 1.13 bits per heavy atom. The summed E-state index contributed by atoms with van der Waals surface area (Å²) in [6.45, 7) is 0. The summed E-state index contributed by atoms with van der Waals surface area (Å²) in [6, 6.07) is 48.5. The van der Waals surface area contributed by atoms with Crippen LogP contribution in [0.3, 0.4) is 0 Å². The molecule has 5 heteroatoms. The summed E-state index contributed by atoms with van der Waals surface area (Å²) in [4.78, 5) is 10.6. The Morgan fingerprint density at radius 1 is 0.533 bits per heavy atom. The van der Waals surface area contributed by atoms with Crippen LogP contribution in [0.5, 0.6) is 0 Å². The summed E-state index contributed by atoms with van der Waals surface area (Å²) in [5.74, 6) is 0.644. The number of rotatable bonds is 3. The Bertz CT molecular complexity index is 2700. The molecule has 0 aliphatic carbocycles. The summed E-state index contributed by atoms with van der Waals surface area (Å²) in [6.07, 6.45) is 0. The van der Waals surface area contributed by atoms with Crippen molar-refractivity contribution in [3.63, 3.8) is 0 Å². The predicted molar refractivity (Wildman–Crippen MR) is 187 cm³/mol. The second kappa shape index (κ2) is 9.36. The molecule has 0 amide bonds. The summed E-state index contributed by atoms with van der Waals surface area (Å²) in [7, 11) is 0. The highest BCUT2D eigenvalue weighted by Gasteiger charge is 2.26. The van der Waals surface area contributed by atoms with E-state index in [1.165, 1.54) is 15.5 Å². The molecule has 0 saturated carbocycles. The maximum Gasteiger partial charge on any atom is 0.235 e. The zero-order valence-corrected chi connectivity index (χ0v) is 24.8. The van der Waals surface area contributed by atoms with Gasteiger partial charge in [0.1, 0.15) is 5.58 Å². The van der Waals surface area contributed by atoms with Crippen LogP contribution < -0.4 is 0 Å². The number of nitrogens with zero attached hydrogens (tertiary/aromatic N) is 3. The van der Waals surface area contributed by atoms with Crippen molar-refractivity contribution in [3.8, 4) is 28.5 Å². The second-order valence-corrected chi connectivity index (χ2v) is 12.4. The Balaban J connectivity index is 1.46. The third-order valence-electron chi connectivity index (χ3n) is 8.81. The van der Waals surface area contributed by atoms with Gasteiger partial charge in [-0.2, -0.15) is 0 Å². The van der Waals surface area contributed by atoms with Gasteiger partial charge < -0.3 is 4.42 Å². The van der Waals surface area contributed by atoms with E-state index in [1.54, 1.807) is 11.3 Å². The lowest BCUT2D eigenvalue weighted by Gasteiger charge is -2.12. The van der Waals surface area contributed by atoms with E-state index in [9.17, 15) is 0 Å². The first-order valence-corrected chi connectivity index (χ1v) is 15.8. The Hall–Kier alpha value is -5.78. The summed E-state index contributed by atoms with van der Waals surface area (Å²) < 4.78 is 11.3. The molecule has 6 aromatic carbocycles. The molecule has 0 atom stereocenters. The number of furan rings is 1. The lowest BCUT2D eigenvalue weighted by atomic mass is 10.0.